The highest BCUT2D eigenvalue weighted by Crippen LogP contribution is 2.38. The highest BCUT2D eigenvalue weighted by Gasteiger charge is 2.32. The molecular weight excluding hydrogens is 267 g/mol. The van der Waals surface area contributed by atoms with Gasteiger partial charge in [-0.1, -0.05) is 11.6 Å². The zero-order valence-corrected chi connectivity index (χ0v) is 9.60. The fourth-order valence-electron chi connectivity index (χ4n) is 1.32. The molecule has 0 bridgehead atoms. The van der Waals surface area contributed by atoms with E-state index in [4.69, 9.17) is 11.6 Å². The van der Waals surface area contributed by atoms with Crippen LogP contribution in [0, 0.1) is 5.92 Å². The number of carbonyl (C=O) groups is 1. The van der Waals surface area contributed by atoms with Crippen LogP contribution in [0.5, 0.6) is 5.75 Å². The molecule has 1 N–H and O–H groups in total. The van der Waals surface area contributed by atoms with Gasteiger partial charge in [0.2, 0.25) is 0 Å². The van der Waals surface area contributed by atoms with Crippen LogP contribution >= 0.6 is 27.5 Å². The van der Waals surface area contributed by atoms with Crippen LogP contribution in [0.3, 0.4) is 0 Å². The molecule has 0 radical (unpaired) electrons. The summed E-state index contributed by atoms with van der Waals surface area (Å²) in [6, 6.07) is 3.09. The lowest BCUT2D eigenvalue weighted by atomic mass is 10.1. The second-order valence-corrected chi connectivity index (χ2v) is 4.71. The molecule has 1 aromatic rings. The molecule has 1 saturated carbocycles. The number of aromatic hydroxyl groups is 1. The molecule has 0 aromatic heterocycles. The predicted octanol–water partition coefficient (Wildman–Crippen LogP) is 3.40. The first-order valence-corrected chi connectivity index (χ1v) is 5.49. The third-order valence-corrected chi connectivity index (χ3v) is 3.06. The van der Waals surface area contributed by atoms with Crippen molar-refractivity contribution in [3.8, 4) is 5.75 Å². The Morgan fingerprint density at radius 3 is 2.71 bits per heavy atom. The molecule has 0 amide bonds. The van der Waals surface area contributed by atoms with E-state index in [-0.39, 0.29) is 17.5 Å². The molecule has 1 fully saturated rings. The molecule has 1 aliphatic rings. The number of hydrogen-bond donors (Lipinski definition) is 1. The Hall–Kier alpha value is -0.540. The third-order valence-electron chi connectivity index (χ3n) is 2.24. The van der Waals surface area contributed by atoms with Crippen LogP contribution in [0.2, 0.25) is 5.02 Å². The first-order chi connectivity index (χ1) is 6.59. The molecular formula is C10H8BrClO2. The van der Waals surface area contributed by atoms with Gasteiger partial charge in [-0.15, -0.1) is 0 Å². The van der Waals surface area contributed by atoms with Crippen molar-refractivity contribution in [3.63, 3.8) is 0 Å². The number of rotatable bonds is 2. The van der Waals surface area contributed by atoms with Gasteiger partial charge in [0.25, 0.3) is 0 Å². The van der Waals surface area contributed by atoms with Crippen molar-refractivity contribution in [1.82, 2.24) is 0 Å². The quantitative estimate of drug-likeness (QED) is 0.840. The summed E-state index contributed by atoms with van der Waals surface area (Å²) in [5.74, 6) is 0.0725. The first-order valence-electron chi connectivity index (χ1n) is 4.32. The van der Waals surface area contributed by atoms with Crippen LogP contribution in [0.25, 0.3) is 0 Å². The van der Waals surface area contributed by atoms with E-state index >= 15 is 0 Å². The second-order valence-electron chi connectivity index (χ2n) is 3.42. The number of phenols is 1. The van der Waals surface area contributed by atoms with Gasteiger partial charge < -0.3 is 5.11 Å². The molecule has 1 aliphatic carbocycles. The topological polar surface area (TPSA) is 37.3 Å². The molecule has 0 atom stereocenters. The zero-order valence-electron chi connectivity index (χ0n) is 7.26. The van der Waals surface area contributed by atoms with Crippen molar-refractivity contribution in [2.75, 3.05) is 0 Å². The molecule has 4 heteroatoms. The number of benzene rings is 1. The van der Waals surface area contributed by atoms with Gasteiger partial charge in [-0.05, 0) is 40.9 Å². The number of ketones is 1. The SMILES string of the molecule is O=C(c1cc(Cl)cc(Br)c1O)C1CC1. The van der Waals surface area contributed by atoms with E-state index in [1.54, 1.807) is 6.07 Å². The lowest BCUT2D eigenvalue weighted by molar-refractivity contribution is 0.0965. The summed E-state index contributed by atoms with van der Waals surface area (Å²) in [5.41, 5.74) is 0.326. The molecule has 0 saturated heterocycles. The van der Waals surface area contributed by atoms with E-state index in [0.717, 1.165) is 12.8 Å². The molecule has 0 heterocycles. The van der Waals surface area contributed by atoms with Crippen LogP contribution in [0.15, 0.2) is 16.6 Å². The van der Waals surface area contributed by atoms with Gasteiger partial charge in [0.1, 0.15) is 5.75 Å². The van der Waals surface area contributed by atoms with Crippen LogP contribution in [-0.2, 0) is 0 Å². The Labute approximate surface area is 95.0 Å². The number of hydrogen-bond acceptors (Lipinski definition) is 2. The fraction of sp³-hybridized carbons (Fsp3) is 0.300. The van der Waals surface area contributed by atoms with Gasteiger partial charge in [0.15, 0.2) is 5.78 Å². The van der Waals surface area contributed by atoms with Crippen molar-refractivity contribution in [2.45, 2.75) is 12.8 Å². The van der Waals surface area contributed by atoms with Crippen LogP contribution in [0.1, 0.15) is 23.2 Å². The number of Topliss-reactive ketones (excluding diaryl/α,β-unsaturated/α-hetero) is 1. The van der Waals surface area contributed by atoms with Gasteiger partial charge in [0, 0.05) is 10.9 Å². The molecule has 0 unspecified atom stereocenters. The van der Waals surface area contributed by atoms with E-state index < -0.39 is 0 Å². The average Bonchev–Trinajstić information content (AvgIpc) is 2.93. The minimum absolute atomic E-state index is 0.00806. The van der Waals surface area contributed by atoms with Crippen LogP contribution in [0.4, 0.5) is 0 Å². The van der Waals surface area contributed by atoms with Crippen molar-refractivity contribution < 1.29 is 9.90 Å². The zero-order chi connectivity index (χ0) is 10.3. The predicted molar refractivity (Wildman–Crippen MR) is 57.9 cm³/mol. The molecule has 74 valence electrons. The summed E-state index contributed by atoms with van der Waals surface area (Å²) >= 11 is 8.95. The Kier molecular flexibility index (Phi) is 2.54. The Balaban J connectivity index is 2.45. The summed E-state index contributed by atoms with van der Waals surface area (Å²) in [4.78, 5) is 11.7. The molecule has 0 spiro atoms. The third kappa shape index (κ3) is 1.79. The number of halogens is 2. The molecule has 2 rings (SSSR count). The molecule has 0 aliphatic heterocycles. The largest absolute Gasteiger partial charge is 0.506 e. The van der Waals surface area contributed by atoms with Gasteiger partial charge in [-0.25, -0.2) is 0 Å². The summed E-state index contributed by atoms with van der Waals surface area (Å²) in [6.45, 7) is 0. The minimum atomic E-state index is -0.00861. The van der Waals surface area contributed by atoms with E-state index in [2.05, 4.69) is 15.9 Å². The van der Waals surface area contributed by atoms with Crippen molar-refractivity contribution in [1.29, 1.82) is 0 Å². The van der Waals surface area contributed by atoms with Gasteiger partial charge in [-0.3, -0.25) is 4.79 Å². The summed E-state index contributed by atoms with van der Waals surface area (Å²) in [7, 11) is 0. The highest BCUT2D eigenvalue weighted by molar-refractivity contribution is 9.10. The van der Waals surface area contributed by atoms with E-state index in [0.29, 0.717) is 15.1 Å². The maximum absolute atomic E-state index is 11.7. The monoisotopic (exact) mass is 274 g/mol. The van der Waals surface area contributed by atoms with Crippen molar-refractivity contribution in [3.05, 3.63) is 27.2 Å². The highest BCUT2D eigenvalue weighted by atomic mass is 79.9. The standard InChI is InChI=1S/C10H8BrClO2/c11-8-4-6(12)3-7(10(8)14)9(13)5-1-2-5/h3-5,14H,1-2H2. The molecule has 1 aromatic carbocycles. The maximum Gasteiger partial charge on any atom is 0.169 e. The summed E-state index contributed by atoms with van der Waals surface area (Å²) in [5, 5.41) is 10.1. The minimum Gasteiger partial charge on any atom is -0.506 e. The lowest BCUT2D eigenvalue weighted by Crippen LogP contribution is -2.01. The smallest absolute Gasteiger partial charge is 0.169 e. The molecule has 2 nitrogen and oxygen atoms in total. The van der Waals surface area contributed by atoms with E-state index in [1.165, 1.54) is 6.07 Å². The maximum atomic E-state index is 11.7. The van der Waals surface area contributed by atoms with E-state index in [1.807, 2.05) is 0 Å². The summed E-state index contributed by atoms with van der Waals surface area (Å²) in [6.07, 6.45) is 1.84. The van der Waals surface area contributed by atoms with Crippen LogP contribution in [-0.4, -0.2) is 10.9 Å². The average molecular weight is 276 g/mol. The van der Waals surface area contributed by atoms with Gasteiger partial charge in [-0.2, -0.15) is 0 Å². The van der Waals surface area contributed by atoms with Gasteiger partial charge >= 0.3 is 0 Å². The van der Waals surface area contributed by atoms with E-state index in [9.17, 15) is 9.90 Å². The Morgan fingerprint density at radius 2 is 2.14 bits per heavy atom. The van der Waals surface area contributed by atoms with Crippen molar-refractivity contribution in [2.24, 2.45) is 5.92 Å². The second kappa shape index (κ2) is 3.55. The van der Waals surface area contributed by atoms with Gasteiger partial charge in [0.05, 0.1) is 10.0 Å². The summed E-state index contributed by atoms with van der Waals surface area (Å²) < 4.78 is 0.467. The number of phenolic OH excluding ortho intramolecular Hbond substituents is 1. The lowest BCUT2D eigenvalue weighted by Gasteiger charge is -2.05. The van der Waals surface area contributed by atoms with Crippen LogP contribution < -0.4 is 0 Å². The fourth-order valence-corrected chi connectivity index (χ4v) is 2.13. The Bertz CT molecular complexity index is 399. The normalized spacial score (nSPS) is 15.6. The first kappa shape index (κ1) is 9.99. The Morgan fingerprint density at radius 1 is 1.50 bits per heavy atom. The van der Waals surface area contributed by atoms with Crippen molar-refractivity contribution >= 4 is 33.3 Å². The molecule has 14 heavy (non-hydrogen) atoms. The number of carbonyl (C=O) groups excluding carboxylic acids is 1.